The maximum Gasteiger partial charge on any atom is 0.244 e. The van der Waals surface area contributed by atoms with Gasteiger partial charge in [0.15, 0.2) is 0 Å². The molecule has 1 aromatic carbocycles. The number of hydrogen-bond acceptors (Lipinski definition) is 2. The van der Waals surface area contributed by atoms with Gasteiger partial charge in [-0.05, 0) is 25.5 Å². The fourth-order valence-electron chi connectivity index (χ4n) is 1.11. The van der Waals surface area contributed by atoms with Gasteiger partial charge in [0.1, 0.15) is 11.2 Å². The molecule has 0 aliphatic rings. The van der Waals surface area contributed by atoms with Crippen LogP contribution in [-0.4, -0.2) is 5.91 Å². The van der Waals surface area contributed by atoms with Crippen LogP contribution in [0.4, 0.5) is 10.1 Å². The van der Waals surface area contributed by atoms with Crippen molar-refractivity contribution in [1.29, 1.82) is 5.26 Å². The summed E-state index contributed by atoms with van der Waals surface area (Å²) in [6, 6.07) is 7.80. The molecule has 0 aliphatic heterocycles. The van der Waals surface area contributed by atoms with Gasteiger partial charge in [-0.25, -0.2) is 4.39 Å². The molecule has 16 heavy (non-hydrogen) atoms. The summed E-state index contributed by atoms with van der Waals surface area (Å²) in [7, 11) is 0. The van der Waals surface area contributed by atoms with Crippen molar-refractivity contribution in [1.82, 2.24) is 0 Å². The highest BCUT2D eigenvalue weighted by Crippen LogP contribution is 2.23. The summed E-state index contributed by atoms with van der Waals surface area (Å²) in [6.45, 7) is 3.27. The van der Waals surface area contributed by atoms with Gasteiger partial charge in [0.2, 0.25) is 5.91 Å². The van der Waals surface area contributed by atoms with Gasteiger partial charge in [-0.3, -0.25) is 4.79 Å². The summed E-state index contributed by atoms with van der Waals surface area (Å²) in [5.74, 6) is -0.991. The molecule has 1 atom stereocenters. The third-order valence-corrected chi connectivity index (χ3v) is 2.58. The lowest BCUT2D eigenvalue weighted by atomic mass is 9.88. The van der Waals surface area contributed by atoms with Gasteiger partial charge in [-0.1, -0.05) is 19.1 Å². The topological polar surface area (TPSA) is 52.9 Å². The monoisotopic (exact) mass is 220 g/mol. The van der Waals surface area contributed by atoms with Crippen LogP contribution in [0.2, 0.25) is 0 Å². The molecule has 1 aromatic rings. The first-order valence-corrected chi connectivity index (χ1v) is 5.00. The molecule has 0 aliphatic carbocycles. The molecule has 0 saturated carbocycles. The first-order valence-electron chi connectivity index (χ1n) is 5.00. The lowest BCUT2D eigenvalue weighted by Crippen LogP contribution is -2.31. The highest BCUT2D eigenvalue weighted by Gasteiger charge is 2.31. The number of carbonyl (C=O) groups excluding carboxylic acids is 1. The zero-order chi connectivity index (χ0) is 12.2. The fraction of sp³-hybridized carbons (Fsp3) is 0.333. The lowest BCUT2D eigenvalue weighted by molar-refractivity contribution is -0.122. The lowest BCUT2D eigenvalue weighted by Gasteiger charge is -2.18. The smallest absolute Gasteiger partial charge is 0.244 e. The van der Waals surface area contributed by atoms with E-state index < -0.39 is 17.1 Å². The number of amides is 1. The van der Waals surface area contributed by atoms with Gasteiger partial charge in [-0.2, -0.15) is 5.26 Å². The molecule has 1 unspecified atom stereocenters. The molecule has 3 nitrogen and oxygen atoms in total. The van der Waals surface area contributed by atoms with Crippen LogP contribution >= 0.6 is 0 Å². The van der Waals surface area contributed by atoms with Crippen molar-refractivity contribution < 1.29 is 9.18 Å². The molecule has 1 N–H and O–H groups in total. The summed E-state index contributed by atoms with van der Waals surface area (Å²) in [4.78, 5) is 11.7. The normalized spacial score (nSPS) is 13.6. The maximum atomic E-state index is 13.2. The van der Waals surface area contributed by atoms with Gasteiger partial charge in [0, 0.05) is 0 Å². The second kappa shape index (κ2) is 4.75. The molecule has 4 heteroatoms. The molecule has 0 fully saturated rings. The van der Waals surface area contributed by atoms with E-state index in [1.807, 2.05) is 6.07 Å². The molecular weight excluding hydrogens is 207 g/mol. The van der Waals surface area contributed by atoms with Crippen LogP contribution in [-0.2, 0) is 4.79 Å². The quantitative estimate of drug-likeness (QED) is 0.851. The molecule has 84 valence electrons. The number of halogens is 1. The second-order valence-electron chi connectivity index (χ2n) is 3.73. The minimum absolute atomic E-state index is 0.0995. The van der Waals surface area contributed by atoms with Crippen molar-refractivity contribution in [3.8, 4) is 6.07 Å². The Morgan fingerprint density at radius 1 is 1.56 bits per heavy atom. The number of hydrogen-bond donors (Lipinski definition) is 1. The Morgan fingerprint density at radius 3 is 2.69 bits per heavy atom. The summed E-state index contributed by atoms with van der Waals surface area (Å²) in [5, 5.41) is 11.3. The largest absolute Gasteiger partial charge is 0.322 e. The zero-order valence-corrected chi connectivity index (χ0v) is 9.25. The van der Waals surface area contributed by atoms with E-state index in [4.69, 9.17) is 5.26 Å². The van der Waals surface area contributed by atoms with Crippen LogP contribution in [0.5, 0.6) is 0 Å². The average molecular weight is 220 g/mol. The van der Waals surface area contributed by atoms with Crippen molar-refractivity contribution >= 4 is 11.6 Å². The maximum absolute atomic E-state index is 13.2. The van der Waals surface area contributed by atoms with E-state index in [0.717, 1.165) is 0 Å². The molecular formula is C12H13FN2O. The number of para-hydroxylation sites is 1. The summed E-state index contributed by atoms with van der Waals surface area (Å²) in [5.41, 5.74) is -1.02. The van der Waals surface area contributed by atoms with E-state index in [9.17, 15) is 9.18 Å². The SMILES string of the molecule is CCC(C)(C#N)C(=O)Nc1ccccc1F. The minimum Gasteiger partial charge on any atom is -0.322 e. The standard InChI is InChI=1S/C12H13FN2O/c1-3-12(2,8-14)11(16)15-10-7-5-4-6-9(10)13/h4-7H,3H2,1-2H3,(H,15,16). The van der Waals surface area contributed by atoms with E-state index >= 15 is 0 Å². The predicted molar refractivity (Wildman–Crippen MR) is 59.0 cm³/mol. The molecule has 0 heterocycles. The number of benzene rings is 1. The van der Waals surface area contributed by atoms with Gasteiger partial charge < -0.3 is 5.32 Å². The van der Waals surface area contributed by atoms with Gasteiger partial charge in [0.25, 0.3) is 0 Å². The minimum atomic E-state index is -1.12. The summed E-state index contributed by atoms with van der Waals surface area (Å²) < 4.78 is 13.2. The van der Waals surface area contributed by atoms with Crippen LogP contribution in [0.3, 0.4) is 0 Å². The number of nitrogens with one attached hydrogen (secondary N) is 1. The van der Waals surface area contributed by atoms with E-state index in [1.165, 1.54) is 25.1 Å². The second-order valence-corrected chi connectivity index (χ2v) is 3.73. The van der Waals surface area contributed by atoms with Crippen molar-refractivity contribution in [2.45, 2.75) is 20.3 Å². The van der Waals surface area contributed by atoms with Gasteiger partial charge >= 0.3 is 0 Å². The Morgan fingerprint density at radius 2 is 2.19 bits per heavy atom. The fourth-order valence-corrected chi connectivity index (χ4v) is 1.11. The van der Waals surface area contributed by atoms with Crippen molar-refractivity contribution in [2.24, 2.45) is 5.41 Å². The Bertz CT molecular complexity index is 439. The third-order valence-electron chi connectivity index (χ3n) is 2.58. The van der Waals surface area contributed by atoms with Crippen LogP contribution in [0.15, 0.2) is 24.3 Å². The van der Waals surface area contributed by atoms with Gasteiger partial charge in [0.05, 0.1) is 11.8 Å². The molecule has 0 radical (unpaired) electrons. The first-order chi connectivity index (χ1) is 7.53. The van der Waals surface area contributed by atoms with Crippen LogP contribution in [0, 0.1) is 22.6 Å². The average Bonchev–Trinajstić information content (AvgIpc) is 2.31. The Hall–Kier alpha value is -1.89. The molecule has 1 rings (SSSR count). The molecule has 0 bridgehead atoms. The van der Waals surface area contributed by atoms with E-state index in [0.29, 0.717) is 6.42 Å². The van der Waals surface area contributed by atoms with Crippen LogP contribution < -0.4 is 5.32 Å². The zero-order valence-electron chi connectivity index (χ0n) is 9.25. The highest BCUT2D eigenvalue weighted by molar-refractivity contribution is 5.96. The molecule has 0 aromatic heterocycles. The van der Waals surface area contributed by atoms with E-state index in [2.05, 4.69) is 5.32 Å². The van der Waals surface area contributed by atoms with Crippen LogP contribution in [0.25, 0.3) is 0 Å². The van der Waals surface area contributed by atoms with Crippen molar-refractivity contribution in [2.75, 3.05) is 5.32 Å². The Kier molecular flexibility index (Phi) is 3.62. The number of anilines is 1. The van der Waals surface area contributed by atoms with E-state index in [1.54, 1.807) is 13.0 Å². The summed E-state index contributed by atoms with van der Waals surface area (Å²) >= 11 is 0. The Balaban J connectivity index is 2.88. The Labute approximate surface area is 93.9 Å². The van der Waals surface area contributed by atoms with Crippen molar-refractivity contribution in [3.05, 3.63) is 30.1 Å². The number of nitrogens with zero attached hydrogens (tertiary/aromatic N) is 1. The van der Waals surface area contributed by atoms with E-state index in [-0.39, 0.29) is 5.69 Å². The third kappa shape index (κ3) is 2.37. The van der Waals surface area contributed by atoms with Crippen LogP contribution in [0.1, 0.15) is 20.3 Å². The highest BCUT2D eigenvalue weighted by atomic mass is 19.1. The van der Waals surface area contributed by atoms with Crippen molar-refractivity contribution in [3.63, 3.8) is 0 Å². The predicted octanol–water partition coefficient (Wildman–Crippen LogP) is 2.70. The molecule has 0 saturated heterocycles. The van der Waals surface area contributed by atoms with Gasteiger partial charge in [-0.15, -0.1) is 0 Å². The number of carbonyl (C=O) groups is 1. The number of nitriles is 1. The number of rotatable bonds is 3. The molecule has 0 spiro atoms. The molecule has 1 amide bonds. The first kappa shape index (κ1) is 12.2. The summed E-state index contributed by atoms with van der Waals surface area (Å²) in [6.07, 6.45) is 0.379.